The van der Waals surface area contributed by atoms with Crippen LogP contribution in [0.4, 0.5) is 0 Å². The Kier molecular flexibility index (Phi) is 27.4. The van der Waals surface area contributed by atoms with Crippen molar-refractivity contribution in [1.82, 2.24) is 0 Å². The van der Waals surface area contributed by atoms with Crippen LogP contribution in [0.25, 0.3) is 16.9 Å². The van der Waals surface area contributed by atoms with Gasteiger partial charge in [-0.05, 0) is 130 Å². The monoisotopic (exact) mass is 727 g/mol. The fraction of sp³-hybridized carbons (Fsp3) is 0.617. The Balaban J connectivity index is 0.00000241. The molecule has 2 aromatic carbocycles. The van der Waals surface area contributed by atoms with E-state index in [9.17, 15) is 5.53 Å². The molecule has 0 bridgehead atoms. The predicted octanol–water partition coefficient (Wildman–Crippen LogP) is 15.3. The molecular formula is C47H76N2Ni. The molecule has 3 heteroatoms. The molecule has 1 aliphatic heterocycles. The zero-order valence-electron chi connectivity index (χ0n) is 34.2. The van der Waals surface area contributed by atoms with Gasteiger partial charge >= 0.3 is 16.5 Å². The van der Waals surface area contributed by atoms with Gasteiger partial charge in [-0.25, -0.2) is 4.70 Å². The van der Waals surface area contributed by atoms with Gasteiger partial charge in [-0.3, -0.25) is 0 Å². The van der Waals surface area contributed by atoms with Crippen LogP contribution < -0.4 is 0 Å². The molecular weight excluding hydrogens is 651 g/mol. The Morgan fingerprint density at radius 1 is 0.500 bits per heavy atom. The molecule has 50 heavy (non-hydrogen) atoms. The van der Waals surface area contributed by atoms with E-state index in [2.05, 4.69) is 107 Å². The summed E-state index contributed by atoms with van der Waals surface area (Å²) in [6, 6.07) is 9.46. The molecule has 0 N–H and O–H groups in total. The van der Waals surface area contributed by atoms with E-state index in [4.69, 9.17) is 0 Å². The number of allylic oxidation sites excluding steroid dienone is 2. The molecule has 0 unspecified atom stereocenters. The first kappa shape index (κ1) is 48.0. The fourth-order valence-electron chi connectivity index (χ4n) is 6.44. The number of benzene rings is 2. The second kappa shape index (κ2) is 28.6. The minimum Gasteiger partial charge on any atom is -0.493 e. The average Bonchev–Trinajstić information content (AvgIpc) is 3.41. The van der Waals surface area contributed by atoms with Crippen molar-refractivity contribution in [2.24, 2.45) is 0 Å². The Bertz CT molecular complexity index is 1230. The van der Waals surface area contributed by atoms with Crippen molar-refractivity contribution in [2.75, 3.05) is 0 Å². The molecule has 0 saturated carbocycles. The number of unbranched alkanes of at least 4 members (excludes halogenated alkanes) is 10. The normalized spacial score (nSPS) is 12.2. The quantitative estimate of drug-likeness (QED) is 0.0562. The molecule has 0 atom stereocenters. The average molecular weight is 728 g/mol. The predicted molar refractivity (Wildman–Crippen MR) is 220 cm³/mol. The summed E-state index contributed by atoms with van der Waals surface area (Å²) in [5.74, 6) is 0. The van der Waals surface area contributed by atoms with Crippen LogP contribution in [0, 0.1) is 27.7 Å². The third-order valence-electron chi connectivity index (χ3n) is 9.89. The summed E-state index contributed by atoms with van der Waals surface area (Å²) in [5.41, 5.74) is 25.9. The zero-order valence-corrected chi connectivity index (χ0v) is 35.1. The number of rotatable bonds is 20. The van der Waals surface area contributed by atoms with E-state index in [-0.39, 0.29) is 16.5 Å². The van der Waals surface area contributed by atoms with Crippen molar-refractivity contribution in [1.29, 1.82) is 0 Å². The van der Waals surface area contributed by atoms with Crippen molar-refractivity contribution in [3.63, 3.8) is 0 Å². The van der Waals surface area contributed by atoms with E-state index < -0.39 is 0 Å². The molecule has 284 valence electrons. The van der Waals surface area contributed by atoms with Gasteiger partial charge in [0.1, 0.15) is 0 Å². The summed E-state index contributed by atoms with van der Waals surface area (Å²) < 4.78 is 1.50. The van der Waals surface area contributed by atoms with Crippen molar-refractivity contribution in [3.8, 4) is 0 Å². The van der Waals surface area contributed by atoms with Crippen LogP contribution >= 0.6 is 0 Å². The van der Waals surface area contributed by atoms with E-state index in [0.717, 1.165) is 61.1 Å². The Morgan fingerprint density at radius 3 is 1.08 bits per heavy atom. The molecule has 0 radical (unpaired) electrons. The van der Waals surface area contributed by atoms with Gasteiger partial charge in [-0.2, -0.15) is 12.8 Å². The van der Waals surface area contributed by atoms with Gasteiger partial charge in [-0.15, -0.1) is 0 Å². The van der Waals surface area contributed by atoms with Gasteiger partial charge in [0.2, 0.25) is 11.4 Å². The summed E-state index contributed by atoms with van der Waals surface area (Å²) in [4.78, 5) is 0. The summed E-state index contributed by atoms with van der Waals surface area (Å²) >= 11 is 0. The summed E-state index contributed by atoms with van der Waals surface area (Å²) in [6.45, 7) is 27.3. The van der Waals surface area contributed by atoms with Crippen molar-refractivity contribution in [3.05, 3.63) is 99.8 Å². The first-order chi connectivity index (χ1) is 23.7. The van der Waals surface area contributed by atoms with E-state index in [1.54, 1.807) is 0 Å². The van der Waals surface area contributed by atoms with Crippen LogP contribution in [-0.4, -0.2) is 4.70 Å². The topological polar surface area (TPSA) is 25.3 Å². The minimum atomic E-state index is 0. The van der Waals surface area contributed by atoms with Gasteiger partial charge in [0, 0.05) is 22.8 Å². The molecule has 0 saturated heterocycles. The van der Waals surface area contributed by atoms with Crippen molar-refractivity contribution >= 4 is 11.4 Å². The number of aryl methyl sites for hydroxylation is 4. The molecule has 0 fully saturated rings. The van der Waals surface area contributed by atoms with Crippen molar-refractivity contribution in [2.45, 2.75) is 191 Å². The Morgan fingerprint density at radius 2 is 0.800 bits per heavy atom. The van der Waals surface area contributed by atoms with Crippen LogP contribution in [0.15, 0.2) is 35.9 Å². The van der Waals surface area contributed by atoms with Crippen LogP contribution in [0.2, 0.25) is 0 Å². The second-order valence-electron chi connectivity index (χ2n) is 14.2. The molecule has 0 aromatic heterocycles. The number of nitrogens with zero attached hydrogens (tertiary/aromatic N) is 2. The van der Waals surface area contributed by atoms with Crippen LogP contribution in [0.1, 0.15) is 196 Å². The van der Waals surface area contributed by atoms with Gasteiger partial charge in [0.05, 0.1) is 0 Å². The summed E-state index contributed by atoms with van der Waals surface area (Å²) in [5, 5.41) is 0. The molecule has 2 nitrogen and oxygen atoms in total. The maximum absolute atomic E-state index is 11.8. The summed E-state index contributed by atoms with van der Waals surface area (Å²) in [6.07, 6.45) is 26.2. The largest absolute Gasteiger partial charge is 2.00 e. The molecule has 0 amide bonds. The van der Waals surface area contributed by atoms with Crippen LogP contribution in [-0.2, 0) is 42.2 Å². The van der Waals surface area contributed by atoms with Crippen LogP contribution in [0.3, 0.4) is 0 Å². The van der Waals surface area contributed by atoms with Gasteiger partial charge in [0.25, 0.3) is 0 Å². The Labute approximate surface area is 321 Å². The molecule has 2 aromatic rings. The third kappa shape index (κ3) is 16.1. The van der Waals surface area contributed by atoms with Gasteiger partial charge in [0.15, 0.2) is 0 Å². The molecule has 0 aliphatic carbocycles. The first-order valence-electron chi connectivity index (χ1n) is 20.4. The maximum Gasteiger partial charge on any atom is 2.00 e. The minimum absolute atomic E-state index is 0. The van der Waals surface area contributed by atoms with E-state index in [1.165, 1.54) is 134 Å². The molecule has 0 spiro atoms. The van der Waals surface area contributed by atoms with E-state index in [1.807, 2.05) is 0 Å². The van der Waals surface area contributed by atoms with Crippen molar-refractivity contribution < 1.29 is 21.2 Å². The molecule has 1 heterocycles. The number of hydrogen-bond donors (Lipinski definition) is 0. The number of hydrogen-bond acceptors (Lipinski definition) is 0. The summed E-state index contributed by atoms with van der Waals surface area (Å²) in [7, 11) is 0. The zero-order chi connectivity index (χ0) is 36.6. The maximum atomic E-state index is 11.8. The van der Waals surface area contributed by atoms with E-state index in [0.29, 0.717) is 0 Å². The second-order valence-corrected chi connectivity index (χ2v) is 14.2. The Hall–Kier alpha value is -1.99. The standard InChI is InChI=1S/C39H58N2.2C4H9.Ni/c1-8-12-16-20-32-25-36(26-33(30(32)6)21-17-13-9-2)38-24-29(5)39(41(38)40)37-27-34(22-18-14-10-3)31(7)35(28-37)23-19-15-11-4;2*1-3-4-2;/h24-28H,8-23H2,1-7H3;2*1,3-4H2,2H3;/q;2*-1;+2. The molecule has 3 rings (SSSR count). The fourth-order valence-corrected chi connectivity index (χ4v) is 6.44. The van der Waals surface area contributed by atoms with Gasteiger partial charge < -0.3 is 19.4 Å². The van der Waals surface area contributed by atoms with E-state index >= 15 is 0 Å². The first-order valence-corrected chi connectivity index (χ1v) is 20.4. The SMILES string of the molecule is CCCCCc1cc(C2=CC(C)=C(c3cc(CCCCC)c(C)c(CCCCC)c3)[N+]2=[N-])cc(CCCCC)c1C.[CH2-]CCC.[CH2-]CCC.[Ni+2]. The van der Waals surface area contributed by atoms with Crippen LogP contribution in [0.5, 0.6) is 0 Å². The van der Waals surface area contributed by atoms with Gasteiger partial charge in [-0.1, -0.05) is 106 Å². The smallest absolute Gasteiger partial charge is 0.493 e. The third-order valence-corrected chi connectivity index (χ3v) is 9.89. The molecule has 1 aliphatic rings.